The normalized spacial score (nSPS) is 10.9. The quantitative estimate of drug-likeness (QED) is 0.774. The number of rotatable bonds is 2. The van der Waals surface area contributed by atoms with Crippen LogP contribution in [-0.4, -0.2) is 16.0 Å². The standard InChI is InChI=1S/C16H14ClN3O2/c1-8-4-5-11(17)7-13(8)19-15(21)12-6-9(2)18-16-14(12)10(3)20-22-16/h4-7H,1-3H3,(H,19,21). The van der Waals surface area contributed by atoms with Crippen LogP contribution < -0.4 is 5.32 Å². The summed E-state index contributed by atoms with van der Waals surface area (Å²) in [6.07, 6.45) is 0. The Labute approximate surface area is 132 Å². The average Bonchev–Trinajstić information content (AvgIpc) is 2.83. The topological polar surface area (TPSA) is 68.0 Å². The van der Waals surface area contributed by atoms with Gasteiger partial charge in [0.05, 0.1) is 16.6 Å². The molecule has 2 heterocycles. The van der Waals surface area contributed by atoms with Gasteiger partial charge in [-0.25, -0.2) is 4.98 Å². The maximum atomic E-state index is 12.6. The largest absolute Gasteiger partial charge is 0.336 e. The van der Waals surface area contributed by atoms with Crippen LogP contribution in [0.1, 0.15) is 27.3 Å². The molecule has 0 aliphatic rings. The molecule has 0 saturated heterocycles. The molecule has 112 valence electrons. The van der Waals surface area contributed by atoms with E-state index in [0.29, 0.717) is 38.8 Å². The number of halogens is 1. The van der Waals surface area contributed by atoms with Crippen LogP contribution in [0.25, 0.3) is 11.1 Å². The summed E-state index contributed by atoms with van der Waals surface area (Å²) in [6.45, 7) is 5.49. The molecule has 0 fully saturated rings. The lowest BCUT2D eigenvalue weighted by Crippen LogP contribution is -2.14. The number of nitrogens with zero attached hydrogens (tertiary/aromatic N) is 2. The Morgan fingerprint density at radius 1 is 1.23 bits per heavy atom. The van der Waals surface area contributed by atoms with Gasteiger partial charge in [0.15, 0.2) is 0 Å². The minimum atomic E-state index is -0.243. The first-order chi connectivity index (χ1) is 10.5. The lowest BCUT2D eigenvalue weighted by molar-refractivity contribution is 0.102. The number of hydrogen-bond donors (Lipinski definition) is 1. The summed E-state index contributed by atoms with van der Waals surface area (Å²) in [7, 11) is 0. The van der Waals surface area contributed by atoms with E-state index >= 15 is 0 Å². The fourth-order valence-corrected chi connectivity index (χ4v) is 2.49. The first-order valence-corrected chi connectivity index (χ1v) is 7.14. The van der Waals surface area contributed by atoms with Gasteiger partial charge in [-0.1, -0.05) is 22.8 Å². The molecule has 0 spiro atoms. The fraction of sp³-hybridized carbons (Fsp3) is 0.188. The van der Waals surface area contributed by atoms with E-state index < -0.39 is 0 Å². The molecular formula is C16H14ClN3O2. The number of aryl methyl sites for hydroxylation is 3. The van der Waals surface area contributed by atoms with Gasteiger partial charge in [0.25, 0.3) is 11.6 Å². The number of pyridine rings is 1. The number of carbonyl (C=O) groups is 1. The van der Waals surface area contributed by atoms with Gasteiger partial charge in [-0.05, 0) is 44.5 Å². The lowest BCUT2D eigenvalue weighted by atomic mass is 10.1. The molecule has 6 heteroatoms. The zero-order valence-corrected chi connectivity index (χ0v) is 13.2. The second-order valence-corrected chi connectivity index (χ2v) is 5.61. The van der Waals surface area contributed by atoms with Crippen molar-refractivity contribution in [1.82, 2.24) is 10.1 Å². The minimum Gasteiger partial charge on any atom is -0.336 e. The molecule has 2 aromatic heterocycles. The molecule has 3 rings (SSSR count). The molecule has 0 aliphatic heterocycles. The van der Waals surface area contributed by atoms with Crippen LogP contribution in [0, 0.1) is 20.8 Å². The number of benzene rings is 1. The first kappa shape index (κ1) is 14.5. The van der Waals surface area contributed by atoms with Gasteiger partial charge in [-0.15, -0.1) is 0 Å². The highest BCUT2D eigenvalue weighted by Gasteiger charge is 2.18. The van der Waals surface area contributed by atoms with E-state index in [-0.39, 0.29) is 5.91 Å². The lowest BCUT2D eigenvalue weighted by Gasteiger charge is -2.10. The Bertz CT molecular complexity index is 886. The average molecular weight is 316 g/mol. The van der Waals surface area contributed by atoms with Crippen molar-refractivity contribution >= 4 is 34.3 Å². The molecule has 3 aromatic rings. The van der Waals surface area contributed by atoms with Crippen molar-refractivity contribution in [2.45, 2.75) is 20.8 Å². The number of amides is 1. The Kier molecular flexibility index (Phi) is 3.58. The number of fused-ring (bicyclic) bond motifs is 1. The summed E-state index contributed by atoms with van der Waals surface area (Å²) < 4.78 is 5.15. The Balaban J connectivity index is 2.05. The van der Waals surface area contributed by atoms with Crippen LogP contribution in [-0.2, 0) is 0 Å². The molecule has 1 N–H and O–H groups in total. The van der Waals surface area contributed by atoms with E-state index in [1.54, 1.807) is 32.0 Å². The monoisotopic (exact) mass is 315 g/mol. The highest BCUT2D eigenvalue weighted by molar-refractivity contribution is 6.31. The Morgan fingerprint density at radius 3 is 2.77 bits per heavy atom. The Hall–Kier alpha value is -2.40. The molecule has 0 radical (unpaired) electrons. The third kappa shape index (κ3) is 2.55. The van der Waals surface area contributed by atoms with E-state index in [4.69, 9.17) is 16.1 Å². The zero-order chi connectivity index (χ0) is 15.9. The van der Waals surface area contributed by atoms with Crippen LogP contribution in [0.4, 0.5) is 5.69 Å². The number of carbonyl (C=O) groups excluding carboxylic acids is 1. The maximum Gasteiger partial charge on any atom is 0.258 e. The Morgan fingerprint density at radius 2 is 2.00 bits per heavy atom. The van der Waals surface area contributed by atoms with Crippen LogP contribution in [0.5, 0.6) is 0 Å². The second kappa shape index (κ2) is 5.42. The number of aromatic nitrogens is 2. The van der Waals surface area contributed by atoms with E-state index in [1.165, 1.54) is 0 Å². The summed E-state index contributed by atoms with van der Waals surface area (Å²) in [5.41, 5.74) is 3.79. The van der Waals surface area contributed by atoms with Crippen LogP contribution in [0.3, 0.4) is 0 Å². The van der Waals surface area contributed by atoms with Gasteiger partial charge in [-0.2, -0.15) is 0 Å². The fourth-order valence-electron chi connectivity index (χ4n) is 2.32. The third-order valence-corrected chi connectivity index (χ3v) is 3.67. The van der Waals surface area contributed by atoms with Crippen molar-refractivity contribution < 1.29 is 9.32 Å². The smallest absolute Gasteiger partial charge is 0.258 e. The molecule has 22 heavy (non-hydrogen) atoms. The van der Waals surface area contributed by atoms with Crippen LogP contribution in [0.15, 0.2) is 28.8 Å². The highest BCUT2D eigenvalue weighted by atomic mass is 35.5. The molecule has 0 unspecified atom stereocenters. The van der Waals surface area contributed by atoms with Crippen LogP contribution in [0.2, 0.25) is 5.02 Å². The number of nitrogens with one attached hydrogen (secondary N) is 1. The number of hydrogen-bond acceptors (Lipinski definition) is 4. The van der Waals surface area contributed by atoms with E-state index in [0.717, 1.165) is 5.56 Å². The summed E-state index contributed by atoms with van der Waals surface area (Å²) >= 11 is 5.99. The highest BCUT2D eigenvalue weighted by Crippen LogP contribution is 2.25. The molecule has 1 aromatic carbocycles. The summed E-state index contributed by atoms with van der Waals surface area (Å²) in [4.78, 5) is 16.9. The van der Waals surface area contributed by atoms with Gasteiger partial charge in [0.1, 0.15) is 0 Å². The SMILES string of the molecule is Cc1cc(C(=O)Nc2cc(Cl)ccc2C)c2c(C)noc2n1. The molecule has 0 aliphatic carbocycles. The molecule has 0 saturated carbocycles. The van der Waals surface area contributed by atoms with Crippen molar-refractivity contribution in [2.24, 2.45) is 0 Å². The van der Waals surface area contributed by atoms with E-state index in [2.05, 4.69) is 15.5 Å². The van der Waals surface area contributed by atoms with Crippen molar-refractivity contribution in [1.29, 1.82) is 0 Å². The summed E-state index contributed by atoms with van der Waals surface area (Å²) in [5.74, 6) is -0.243. The van der Waals surface area contributed by atoms with Crippen molar-refractivity contribution in [3.63, 3.8) is 0 Å². The van der Waals surface area contributed by atoms with Gasteiger partial charge < -0.3 is 9.84 Å². The third-order valence-electron chi connectivity index (χ3n) is 3.44. The predicted molar refractivity (Wildman–Crippen MR) is 85.4 cm³/mol. The van der Waals surface area contributed by atoms with E-state index in [9.17, 15) is 4.79 Å². The second-order valence-electron chi connectivity index (χ2n) is 5.17. The summed E-state index contributed by atoms with van der Waals surface area (Å²) in [5, 5.41) is 7.96. The van der Waals surface area contributed by atoms with Crippen LogP contribution >= 0.6 is 11.6 Å². The first-order valence-electron chi connectivity index (χ1n) is 6.77. The zero-order valence-electron chi connectivity index (χ0n) is 12.4. The summed E-state index contributed by atoms with van der Waals surface area (Å²) in [6, 6.07) is 7.09. The van der Waals surface area contributed by atoms with Gasteiger partial charge in [0, 0.05) is 16.4 Å². The molecule has 0 bridgehead atoms. The van der Waals surface area contributed by atoms with Crippen molar-refractivity contribution in [2.75, 3.05) is 5.32 Å². The van der Waals surface area contributed by atoms with Crippen molar-refractivity contribution in [3.8, 4) is 0 Å². The minimum absolute atomic E-state index is 0.243. The van der Waals surface area contributed by atoms with Gasteiger partial charge >= 0.3 is 0 Å². The molecule has 0 atom stereocenters. The van der Waals surface area contributed by atoms with Gasteiger partial charge in [0.2, 0.25) is 0 Å². The maximum absolute atomic E-state index is 12.6. The molecule has 1 amide bonds. The van der Waals surface area contributed by atoms with E-state index in [1.807, 2.05) is 13.0 Å². The number of anilines is 1. The molecule has 5 nitrogen and oxygen atoms in total. The predicted octanol–water partition coefficient (Wildman–Crippen LogP) is 4.05. The van der Waals surface area contributed by atoms with Gasteiger partial charge in [-0.3, -0.25) is 4.79 Å². The molecular weight excluding hydrogens is 302 g/mol. The van der Waals surface area contributed by atoms with Crippen molar-refractivity contribution in [3.05, 3.63) is 51.8 Å².